The Bertz CT molecular complexity index is 1220. The minimum absolute atomic E-state index is 0.0596. The molecule has 14 heteroatoms. The van der Waals surface area contributed by atoms with Crippen LogP contribution in [-0.2, 0) is 14.2 Å². The Balaban J connectivity index is 1.60. The van der Waals surface area contributed by atoms with Crippen LogP contribution in [0.2, 0.25) is 0 Å². The lowest BCUT2D eigenvalue weighted by Crippen LogP contribution is -2.62. The molecule has 0 aromatic heterocycles. The van der Waals surface area contributed by atoms with Gasteiger partial charge in [-0.25, -0.2) is 0 Å². The van der Waals surface area contributed by atoms with Crippen molar-refractivity contribution in [2.75, 3.05) is 20.3 Å². The predicted molar refractivity (Wildman–Crippen MR) is 134 cm³/mol. The Morgan fingerprint density at radius 3 is 2.08 bits per heavy atom. The lowest BCUT2D eigenvalue weighted by Gasteiger charge is -2.42. The van der Waals surface area contributed by atoms with E-state index < -0.39 is 80.4 Å². The van der Waals surface area contributed by atoms with Crippen molar-refractivity contribution >= 4 is 16.6 Å². The number of aliphatic hydroxyl groups is 7. The van der Waals surface area contributed by atoms with Crippen LogP contribution in [0.3, 0.4) is 0 Å². The molecule has 0 unspecified atom stereocenters. The summed E-state index contributed by atoms with van der Waals surface area (Å²) in [5.74, 6) is -0.508. The highest BCUT2D eigenvalue weighted by Gasteiger charge is 2.48. The zero-order valence-corrected chi connectivity index (χ0v) is 21.9. The first-order valence-corrected chi connectivity index (χ1v) is 12.5. The first kappa shape index (κ1) is 30.3. The van der Waals surface area contributed by atoms with Crippen molar-refractivity contribution in [3.05, 3.63) is 29.3 Å². The predicted octanol–water partition coefficient (Wildman–Crippen LogP) is -1.93. The summed E-state index contributed by atoms with van der Waals surface area (Å²) in [4.78, 5) is 12.2. The summed E-state index contributed by atoms with van der Waals surface area (Å²) in [6.07, 6.45) is -16.0. The Morgan fingerprint density at radius 2 is 1.48 bits per heavy atom. The molecule has 0 saturated carbocycles. The second-order valence-corrected chi connectivity index (χ2v) is 9.86. The zero-order valence-electron chi connectivity index (χ0n) is 21.9. The molecule has 10 atom stereocenters. The van der Waals surface area contributed by atoms with Crippen LogP contribution in [-0.4, -0.2) is 128 Å². The minimum atomic E-state index is -1.79. The van der Waals surface area contributed by atoms with Gasteiger partial charge in [-0.3, -0.25) is 4.79 Å². The molecule has 14 nitrogen and oxygen atoms in total. The second-order valence-electron chi connectivity index (χ2n) is 9.86. The van der Waals surface area contributed by atoms with Gasteiger partial charge in [-0.15, -0.1) is 0 Å². The molecule has 222 valence electrons. The van der Waals surface area contributed by atoms with E-state index in [1.807, 2.05) is 0 Å². The van der Waals surface area contributed by atoms with Gasteiger partial charge in [0.25, 0.3) is 0 Å². The molecule has 2 aromatic carbocycles. The SMILES string of the molecule is COc1cc(O[C@@H]2O[C@H](CO[C@@H]3O[C@H](CO)[C@@H](O)[C@H](O)[C@H]3O)[C@@H](O)[C@H](O)[C@H]2O)c2c(O)c(C(C)=O)c(C)cc2c1. The van der Waals surface area contributed by atoms with Crippen LogP contribution in [0.25, 0.3) is 10.8 Å². The number of benzene rings is 2. The highest BCUT2D eigenvalue weighted by atomic mass is 16.7. The van der Waals surface area contributed by atoms with Crippen LogP contribution in [0.1, 0.15) is 22.8 Å². The van der Waals surface area contributed by atoms with Gasteiger partial charge in [-0.2, -0.15) is 0 Å². The number of hydrogen-bond donors (Lipinski definition) is 8. The molecule has 0 bridgehead atoms. The number of carbonyl (C=O) groups excluding carboxylic acids is 1. The quantitative estimate of drug-likeness (QED) is 0.162. The molecular formula is C26H34O14. The van der Waals surface area contributed by atoms with E-state index in [4.69, 9.17) is 23.7 Å². The van der Waals surface area contributed by atoms with E-state index in [0.717, 1.165) is 0 Å². The second kappa shape index (κ2) is 12.1. The molecule has 40 heavy (non-hydrogen) atoms. The smallest absolute Gasteiger partial charge is 0.229 e. The number of Topliss-reactive ketones (excluding diaryl/α,β-unsaturated/α-hetero) is 1. The van der Waals surface area contributed by atoms with Gasteiger partial charge < -0.3 is 64.5 Å². The Hall–Kier alpha value is -2.63. The van der Waals surface area contributed by atoms with Crippen LogP contribution in [0.5, 0.6) is 17.2 Å². The molecule has 4 rings (SSSR count). The third-order valence-electron chi connectivity index (χ3n) is 7.12. The minimum Gasteiger partial charge on any atom is -0.506 e. The van der Waals surface area contributed by atoms with E-state index in [1.165, 1.54) is 20.1 Å². The largest absolute Gasteiger partial charge is 0.506 e. The molecule has 2 aliphatic rings. The van der Waals surface area contributed by atoms with Crippen LogP contribution < -0.4 is 9.47 Å². The maximum absolute atomic E-state index is 12.2. The average Bonchev–Trinajstić information content (AvgIpc) is 2.91. The summed E-state index contributed by atoms with van der Waals surface area (Å²) >= 11 is 0. The molecule has 2 heterocycles. The lowest BCUT2D eigenvalue weighted by molar-refractivity contribution is -0.323. The van der Waals surface area contributed by atoms with Crippen LogP contribution in [0.15, 0.2) is 18.2 Å². The topological polar surface area (TPSA) is 225 Å². The van der Waals surface area contributed by atoms with E-state index in [2.05, 4.69) is 0 Å². The summed E-state index contributed by atoms with van der Waals surface area (Å²) < 4.78 is 27.6. The third-order valence-corrected chi connectivity index (χ3v) is 7.12. The lowest BCUT2D eigenvalue weighted by atomic mass is 9.96. The number of aliphatic hydroxyl groups excluding tert-OH is 7. The van der Waals surface area contributed by atoms with Gasteiger partial charge in [-0.1, -0.05) is 6.07 Å². The zero-order chi connectivity index (χ0) is 29.5. The van der Waals surface area contributed by atoms with Crippen molar-refractivity contribution in [1.82, 2.24) is 0 Å². The highest BCUT2D eigenvalue weighted by Crippen LogP contribution is 2.42. The molecule has 8 N–H and O–H groups in total. The van der Waals surface area contributed by atoms with Gasteiger partial charge in [0.2, 0.25) is 6.29 Å². The van der Waals surface area contributed by atoms with Crippen LogP contribution >= 0.6 is 0 Å². The first-order valence-electron chi connectivity index (χ1n) is 12.5. The number of rotatable bonds is 8. The van der Waals surface area contributed by atoms with E-state index in [-0.39, 0.29) is 22.4 Å². The number of aryl methyl sites for hydroxylation is 1. The van der Waals surface area contributed by atoms with Crippen LogP contribution in [0.4, 0.5) is 0 Å². The first-order chi connectivity index (χ1) is 18.9. The number of methoxy groups -OCH3 is 1. The van der Waals surface area contributed by atoms with Gasteiger partial charge in [-0.05, 0) is 30.9 Å². The number of aromatic hydroxyl groups is 1. The van der Waals surface area contributed by atoms with Crippen LogP contribution in [0, 0.1) is 6.92 Å². The molecule has 2 aromatic rings. The number of ether oxygens (including phenoxy) is 5. The molecule has 2 aliphatic heterocycles. The maximum atomic E-state index is 12.2. The molecule has 0 spiro atoms. The molecule has 2 saturated heterocycles. The van der Waals surface area contributed by atoms with E-state index >= 15 is 0 Å². The van der Waals surface area contributed by atoms with Crippen molar-refractivity contribution in [1.29, 1.82) is 0 Å². The van der Waals surface area contributed by atoms with Crippen molar-refractivity contribution < 1.29 is 69.3 Å². The summed E-state index contributed by atoms with van der Waals surface area (Å²) in [5, 5.41) is 82.6. The van der Waals surface area contributed by atoms with Gasteiger partial charge in [0.1, 0.15) is 66.1 Å². The van der Waals surface area contributed by atoms with E-state index in [0.29, 0.717) is 16.7 Å². The Kier molecular flexibility index (Phi) is 9.16. The molecular weight excluding hydrogens is 536 g/mol. The number of carbonyl (C=O) groups is 1. The van der Waals surface area contributed by atoms with E-state index in [1.54, 1.807) is 19.1 Å². The van der Waals surface area contributed by atoms with Crippen molar-refractivity contribution in [2.45, 2.75) is 75.3 Å². The number of fused-ring (bicyclic) bond motifs is 1. The summed E-state index contributed by atoms with van der Waals surface area (Å²) in [6, 6.07) is 4.63. The molecule has 0 amide bonds. The third kappa shape index (κ3) is 5.60. The molecule has 2 fully saturated rings. The summed E-state index contributed by atoms with van der Waals surface area (Å²) in [6.45, 7) is 1.72. The van der Waals surface area contributed by atoms with E-state index in [9.17, 15) is 45.6 Å². The maximum Gasteiger partial charge on any atom is 0.229 e. The van der Waals surface area contributed by atoms with Crippen molar-refractivity contribution in [3.8, 4) is 17.2 Å². The summed E-state index contributed by atoms with van der Waals surface area (Å²) in [5.41, 5.74) is 0.573. The standard InChI is InChI=1S/C26H34O14/c1-9-4-11-5-12(36-3)6-13(17(11)20(31)16(9)10(2)28)38-26-24(35)22(33)19(30)15(40-26)8-37-25-23(34)21(32)18(29)14(7-27)39-25/h4-6,14-15,18-19,21-27,29-35H,7-8H2,1-3H3/t14-,15-,18-,19-,21+,22+,23-,24-,25-,26-/m1/s1. The van der Waals surface area contributed by atoms with Crippen molar-refractivity contribution in [2.24, 2.45) is 0 Å². The fourth-order valence-corrected chi connectivity index (χ4v) is 4.92. The average molecular weight is 571 g/mol. The number of ketones is 1. The van der Waals surface area contributed by atoms with Gasteiger partial charge in [0, 0.05) is 6.07 Å². The monoisotopic (exact) mass is 570 g/mol. The van der Waals surface area contributed by atoms with Gasteiger partial charge in [0.15, 0.2) is 12.1 Å². The number of hydrogen-bond acceptors (Lipinski definition) is 14. The van der Waals surface area contributed by atoms with Gasteiger partial charge in [0.05, 0.1) is 31.3 Å². The van der Waals surface area contributed by atoms with Gasteiger partial charge >= 0.3 is 0 Å². The summed E-state index contributed by atoms with van der Waals surface area (Å²) in [7, 11) is 1.40. The number of phenolic OH excluding ortho intramolecular Hbond substituents is 1. The highest BCUT2D eigenvalue weighted by molar-refractivity contribution is 6.07. The fraction of sp³-hybridized carbons (Fsp3) is 0.577. The molecule has 0 aliphatic carbocycles. The number of phenols is 1. The fourth-order valence-electron chi connectivity index (χ4n) is 4.92. The molecule has 0 radical (unpaired) electrons. The Morgan fingerprint density at radius 1 is 0.875 bits per heavy atom. The van der Waals surface area contributed by atoms with Crippen molar-refractivity contribution in [3.63, 3.8) is 0 Å². The normalized spacial score (nSPS) is 34.5. The Labute approximate surface area is 228 Å².